The van der Waals surface area contributed by atoms with Gasteiger partial charge in [0.2, 0.25) is 5.95 Å². The number of thioether (sulfide) groups is 2. The van der Waals surface area contributed by atoms with Crippen LogP contribution in [0.3, 0.4) is 0 Å². The van der Waals surface area contributed by atoms with Gasteiger partial charge in [0.1, 0.15) is 12.7 Å². The van der Waals surface area contributed by atoms with Crippen LogP contribution in [0, 0.1) is 0 Å². The fourth-order valence-corrected chi connectivity index (χ4v) is 2.23. The van der Waals surface area contributed by atoms with Gasteiger partial charge in [0.05, 0.1) is 0 Å². The Morgan fingerprint density at radius 2 is 1.71 bits per heavy atom. The molecule has 2 heterocycles. The summed E-state index contributed by atoms with van der Waals surface area (Å²) in [7, 11) is 3.77. The maximum Gasteiger partial charge on any atom is 0.227 e. The van der Waals surface area contributed by atoms with Crippen LogP contribution in [-0.4, -0.2) is 34.1 Å². The highest BCUT2D eigenvalue weighted by molar-refractivity contribution is 8.21. The van der Waals surface area contributed by atoms with Crippen molar-refractivity contribution < 1.29 is 0 Å². The largest absolute Gasteiger partial charge is 0.347 e. The molecule has 0 unspecified atom stereocenters. The monoisotopic (exact) mass is 228 g/mol. The van der Waals surface area contributed by atoms with Crippen molar-refractivity contribution >= 4 is 29.5 Å². The van der Waals surface area contributed by atoms with E-state index in [0.29, 0.717) is 5.95 Å². The highest BCUT2D eigenvalue weighted by Crippen LogP contribution is 2.22. The van der Waals surface area contributed by atoms with E-state index in [1.165, 1.54) is 17.7 Å². The average Bonchev–Trinajstić information content (AvgIpc) is 2.77. The van der Waals surface area contributed by atoms with Crippen molar-refractivity contribution in [2.75, 3.05) is 24.1 Å². The quantitative estimate of drug-likeness (QED) is 0.730. The van der Waals surface area contributed by atoms with E-state index >= 15 is 0 Å². The molecule has 0 aromatic carbocycles. The Bertz CT molecular complexity index is 270. The van der Waals surface area contributed by atoms with Gasteiger partial charge < -0.3 is 4.90 Å². The van der Waals surface area contributed by atoms with Gasteiger partial charge in [-0.25, -0.2) is 15.0 Å². The first-order chi connectivity index (χ1) is 6.80. The predicted octanol–water partition coefficient (Wildman–Crippen LogP) is 1.83. The lowest BCUT2D eigenvalue weighted by molar-refractivity contribution is 0.955. The van der Waals surface area contributed by atoms with Crippen LogP contribution < -0.4 is 4.90 Å². The fourth-order valence-electron chi connectivity index (χ4n) is 0.660. The molecule has 4 nitrogen and oxygen atoms in total. The smallest absolute Gasteiger partial charge is 0.227 e. The minimum absolute atomic E-state index is 0.685. The number of aromatic nitrogens is 3. The van der Waals surface area contributed by atoms with Crippen molar-refractivity contribution in [2.24, 2.45) is 0 Å². The van der Waals surface area contributed by atoms with Crippen LogP contribution in [0.5, 0.6) is 0 Å². The lowest BCUT2D eigenvalue weighted by Gasteiger charge is -2.06. The van der Waals surface area contributed by atoms with Crippen molar-refractivity contribution in [1.29, 1.82) is 0 Å². The van der Waals surface area contributed by atoms with Crippen molar-refractivity contribution in [3.8, 4) is 0 Å². The van der Waals surface area contributed by atoms with E-state index in [1.54, 1.807) is 0 Å². The third-order valence-electron chi connectivity index (χ3n) is 1.26. The van der Waals surface area contributed by atoms with Crippen LogP contribution >= 0.6 is 23.5 Å². The Hall–Kier alpha value is -0.750. The van der Waals surface area contributed by atoms with Gasteiger partial charge in [-0.05, 0) is 10.8 Å². The van der Waals surface area contributed by atoms with E-state index in [1.807, 2.05) is 42.5 Å². The van der Waals surface area contributed by atoms with E-state index in [2.05, 4.69) is 25.8 Å². The van der Waals surface area contributed by atoms with Gasteiger partial charge in [-0.15, -0.1) is 23.5 Å². The first-order valence-corrected chi connectivity index (χ1v) is 6.08. The molecule has 0 spiro atoms. The molecule has 0 saturated heterocycles. The molecule has 0 N–H and O–H groups in total. The first-order valence-electron chi connectivity index (χ1n) is 3.98. The molecule has 1 aromatic rings. The van der Waals surface area contributed by atoms with Crippen molar-refractivity contribution in [2.45, 2.75) is 0 Å². The van der Waals surface area contributed by atoms with Gasteiger partial charge in [-0.1, -0.05) is 0 Å². The highest BCUT2D eigenvalue weighted by atomic mass is 32.2. The van der Waals surface area contributed by atoms with Gasteiger partial charge >= 0.3 is 0 Å². The second kappa shape index (κ2) is 6.67. The lowest BCUT2D eigenvalue weighted by Crippen LogP contribution is -2.12. The summed E-state index contributed by atoms with van der Waals surface area (Å²) in [5.74, 6) is 0.685. The highest BCUT2D eigenvalue weighted by Gasteiger charge is 1.92. The Morgan fingerprint density at radius 1 is 1.14 bits per heavy atom. The predicted molar refractivity (Wildman–Crippen MR) is 63.3 cm³/mol. The molecule has 1 aliphatic heterocycles. The Morgan fingerprint density at radius 3 is 2.00 bits per heavy atom. The number of rotatable bonds is 1. The third-order valence-corrected chi connectivity index (χ3v) is 3.18. The van der Waals surface area contributed by atoms with Crippen LogP contribution in [0.1, 0.15) is 0 Å². The van der Waals surface area contributed by atoms with Crippen LogP contribution in [0.4, 0.5) is 5.95 Å². The summed E-state index contributed by atoms with van der Waals surface area (Å²) in [5.41, 5.74) is 0. The number of nitrogens with zero attached hydrogens (tertiary/aromatic N) is 4. The van der Waals surface area contributed by atoms with Crippen LogP contribution in [0.25, 0.3) is 0 Å². The zero-order chi connectivity index (χ0) is 10.2. The molecule has 0 aliphatic carbocycles. The number of hydrogen-bond donors (Lipinski definition) is 0. The fraction of sp³-hybridized carbons (Fsp3) is 0.375. The summed E-state index contributed by atoms with van der Waals surface area (Å²) >= 11 is 3.71. The molecule has 0 amide bonds. The van der Waals surface area contributed by atoms with E-state index in [0.717, 1.165) is 0 Å². The molecule has 2 rings (SSSR count). The van der Waals surface area contributed by atoms with E-state index in [-0.39, 0.29) is 0 Å². The van der Waals surface area contributed by atoms with E-state index < -0.39 is 0 Å². The van der Waals surface area contributed by atoms with Crippen molar-refractivity contribution in [3.63, 3.8) is 0 Å². The van der Waals surface area contributed by atoms with Gasteiger partial charge in [0.25, 0.3) is 0 Å². The Balaban J connectivity index is 0.000000165. The van der Waals surface area contributed by atoms with Crippen molar-refractivity contribution in [3.05, 3.63) is 23.5 Å². The minimum atomic E-state index is 0.685. The number of hydrogen-bond acceptors (Lipinski definition) is 6. The second-order valence-electron chi connectivity index (χ2n) is 2.56. The number of anilines is 1. The summed E-state index contributed by atoms with van der Waals surface area (Å²) in [5, 5.41) is 5.45. The molecule has 0 saturated carbocycles. The topological polar surface area (TPSA) is 41.9 Å². The maximum atomic E-state index is 3.88. The molecule has 6 heteroatoms. The maximum absolute atomic E-state index is 3.88. The third kappa shape index (κ3) is 4.48. The van der Waals surface area contributed by atoms with E-state index in [4.69, 9.17) is 0 Å². The molecule has 1 aliphatic rings. The van der Waals surface area contributed by atoms with Crippen LogP contribution in [0.2, 0.25) is 0 Å². The summed E-state index contributed by atoms with van der Waals surface area (Å²) in [6.45, 7) is 0. The Labute approximate surface area is 92.2 Å². The first kappa shape index (κ1) is 11.3. The van der Waals surface area contributed by atoms with Crippen LogP contribution in [-0.2, 0) is 0 Å². The zero-order valence-electron chi connectivity index (χ0n) is 8.12. The SMILES string of the molecule is C1=CSCS1.CN(C)c1ncncn1. The van der Waals surface area contributed by atoms with E-state index in [9.17, 15) is 0 Å². The molecular formula is C8H12N4S2. The normalized spacial score (nSPS) is 13.3. The second-order valence-corrected chi connectivity index (χ2v) is 4.71. The minimum Gasteiger partial charge on any atom is -0.347 e. The summed E-state index contributed by atoms with van der Waals surface area (Å²) in [4.78, 5) is 13.3. The van der Waals surface area contributed by atoms with Gasteiger partial charge in [0.15, 0.2) is 0 Å². The van der Waals surface area contributed by atoms with Crippen LogP contribution in [0.15, 0.2) is 23.5 Å². The molecular weight excluding hydrogens is 216 g/mol. The van der Waals surface area contributed by atoms with Gasteiger partial charge in [0, 0.05) is 19.2 Å². The summed E-state index contributed by atoms with van der Waals surface area (Å²) in [6.07, 6.45) is 2.95. The molecule has 0 bridgehead atoms. The summed E-state index contributed by atoms with van der Waals surface area (Å²) < 4.78 is 0. The average molecular weight is 228 g/mol. The Kier molecular flexibility index (Phi) is 5.39. The molecule has 76 valence electrons. The molecule has 0 fully saturated rings. The lowest BCUT2D eigenvalue weighted by atomic mass is 10.8. The van der Waals surface area contributed by atoms with Gasteiger partial charge in [-0.3, -0.25) is 0 Å². The van der Waals surface area contributed by atoms with Crippen molar-refractivity contribution in [1.82, 2.24) is 15.0 Å². The molecule has 1 aromatic heterocycles. The van der Waals surface area contributed by atoms with Gasteiger partial charge in [-0.2, -0.15) is 0 Å². The summed E-state index contributed by atoms with van der Waals surface area (Å²) in [6, 6.07) is 0. The molecule has 0 atom stereocenters. The zero-order valence-corrected chi connectivity index (χ0v) is 9.75. The standard InChI is InChI=1S/C5H8N4.C3H4S2/c1-9(2)5-7-3-6-4-8-5;1-2-5-3-4-1/h3-4H,1-2H3;1-2H,3H2. The molecule has 14 heavy (non-hydrogen) atoms. The molecule has 0 radical (unpaired) electrons.